The van der Waals surface area contributed by atoms with Gasteiger partial charge in [0, 0.05) is 25.4 Å². The number of amides is 2. The third kappa shape index (κ3) is 7.62. The third-order valence-corrected chi connectivity index (χ3v) is 4.36. The van der Waals surface area contributed by atoms with Crippen molar-refractivity contribution in [1.82, 2.24) is 5.32 Å². The predicted molar refractivity (Wildman–Crippen MR) is 122 cm³/mol. The lowest BCUT2D eigenvalue weighted by Crippen LogP contribution is -2.27. The molecule has 0 unspecified atom stereocenters. The Labute approximate surface area is 187 Å². The normalized spacial score (nSPS) is 10.9. The molecule has 7 nitrogen and oxygen atoms in total. The second-order valence-electron chi connectivity index (χ2n) is 6.84. The van der Waals surface area contributed by atoms with E-state index in [1.54, 1.807) is 44.6 Å². The average Bonchev–Trinajstić information content (AvgIpc) is 2.72. The minimum absolute atomic E-state index is 0.0238. The van der Waals surface area contributed by atoms with E-state index >= 15 is 0 Å². The van der Waals surface area contributed by atoms with Crippen molar-refractivity contribution in [2.24, 2.45) is 0 Å². The number of hydrogen-bond donors (Lipinski definition) is 2. The number of halogens is 1. The molecule has 0 saturated heterocycles. The molecular formula is C23H27ClN2O5. The highest BCUT2D eigenvalue weighted by atomic mass is 35.5. The number of benzene rings is 2. The smallest absolute Gasteiger partial charge is 0.252 e. The monoisotopic (exact) mass is 446 g/mol. The Bertz CT molecular complexity index is 944. The first-order valence-electron chi connectivity index (χ1n) is 9.74. The van der Waals surface area contributed by atoms with Gasteiger partial charge < -0.3 is 24.8 Å². The number of ether oxygens (including phenoxy) is 3. The number of rotatable bonds is 10. The first-order valence-corrected chi connectivity index (χ1v) is 10.1. The van der Waals surface area contributed by atoms with Crippen LogP contribution in [0.5, 0.6) is 11.5 Å². The van der Waals surface area contributed by atoms with Crippen LogP contribution in [0.2, 0.25) is 5.02 Å². The lowest BCUT2D eigenvalue weighted by atomic mass is 10.1. The van der Waals surface area contributed by atoms with Crippen molar-refractivity contribution in [3.8, 4) is 11.5 Å². The van der Waals surface area contributed by atoms with Gasteiger partial charge >= 0.3 is 0 Å². The van der Waals surface area contributed by atoms with Crippen molar-refractivity contribution in [3.05, 3.63) is 58.6 Å². The summed E-state index contributed by atoms with van der Waals surface area (Å²) in [5.74, 6) is 0.580. The quantitative estimate of drug-likeness (QED) is 0.422. The van der Waals surface area contributed by atoms with E-state index in [-0.39, 0.29) is 22.9 Å². The second-order valence-corrected chi connectivity index (χ2v) is 7.25. The van der Waals surface area contributed by atoms with Crippen molar-refractivity contribution in [2.45, 2.75) is 20.0 Å². The van der Waals surface area contributed by atoms with E-state index in [0.717, 1.165) is 5.56 Å². The summed E-state index contributed by atoms with van der Waals surface area (Å²) in [5.41, 5.74) is 1.58. The van der Waals surface area contributed by atoms with Gasteiger partial charge in [-0.3, -0.25) is 9.59 Å². The second kappa shape index (κ2) is 12.0. The maximum absolute atomic E-state index is 12.3. The minimum Gasteiger partial charge on any atom is -0.493 e. The molecule has 0 heterocycles. The van der Waals surface area contributed by atoms with Gasteiger partial charge in [0.25, 0.3) is 5.91 Å². The standard InChI is InChI=1S/C23H27ClN2O5/c1-15(2)31-20-9-5-16(13-21(20)30-4)6-10-22(27)26-17-7-8-18(19(24)14-17)23(28)25-11-12-29-3/h5-10,13-15H,11-12H2,1-4H3,(H,25,28)(H,26,27). The summed E-state index contributed by atoms with van der Waals surface area (Å²) in [6.45, 7) is 4.65. The highest BCUT2D eigenvalue weighted by molar-refractivity contribution is 6.34. The Kier molecular flexibility index (Phi) is 9.37. The molecule has 0 aliphatic carbocycles. The molecule has 31 heavy (non-hydrogen) atoms. The van der Waals surface area contributed by atoms with Crippen LogP contribution < -0.4 is 20.1 Å². The van der Waals surface area contributed by atoms with Crippen LogP contribution >= 0.6 is 11.6 Å². The van der Waals surface area contributed by atoms with Crippen LogP contribution in [0.1, 0.15) is 29.8 Å². The largest absolute Gasteiger partial charge is 0.493 e. The first-order chi connectivity index (χ1) is 14.8. The van der Waals surface area contributed by atoms with Crippen LogP contribution in [0.25, 0.3) is 6.08 Å². The van der Waals surface area contributed by atoms with E-state index in [4.69, 9.17) is 25.8 Å². The molecule has 2 N–H and O–H groups in total. The minimum atomic E-state index is -0.338. The summed E-state index contributed by atoms with van der Waals surface area (Å²) in [6, 6.07) is 10.1. The van der Waals surface area contributed by atoms with E-state index < -0.39 is 0 Å². The molecule has 0 aliphatic heterocycles. The summed E-state index contributed by atoms with van der Waals surface area (Å²) in [7, 11) is 3.12. The number of nitrogens with one attached hydrogen (secondary N) is 2. The molecule has 0 aliphatic rings. The van der Waals surface area contributed by atoms with Gasteiger partial charge in [0.2, 0.25) is 5.91 Å². The van der Waals surface area contributed by atoms with E-state index in [9.17, 15) is 9.59 Å². The molecule has 0 spiro atoms. The fourth-order valence-corrected chi connectivity index (χ4v) is 2.90. The third-order valence-electron chi connectivity index (χ3n) is 4.05. The predicted octanol–water partition coefficient (Wildman–Crippen LogP) is 4.16. The average molecular weight is 447 g/mol. The molecule has 0 bridgehead atoms. The van der Waals surface area contributed by atoms with Gasteiger partial charge in [-0.05, 0) is 55.8 Å². The summed E-state index contributed by atoms with van der Waals surface area (Å²) < 4.78 is 15.9. The van der Waals surface area contributed by atoms with Gasteiger partial charge in [-0.25, -0.2) is 0 Å². The highest BCUT2D eigenvalue weighted by Gasteiger charge is 2.11. The molecule has 0 radical (unpaired) electrons. The van der Waals surface area contributed by atoms with E-state index in [1.165, 1.54) is 12.1 Å². The Hall–Kier alpha value is -3.03. The zero-order valence-corrected chi connectivity index (χ0v) is 18.8. The van der Waals surface area contributed by atoms with E-state index in [2.05, 4.69) is 10.6 Å². The zero-order chi connectivity index (χ0) is 22.8. The summed E-state index contributed by atoms with van der Waals surface area (Å²) >= 11 is 6.19. The topological polar surface area (TPSA) is 85.9 Å². The molecule has 0 aromatic heterocycles. The van der Waals surface area contributed by atoms with Crippen LogP contribution in [-0.2, 0) is 9.53 Å². The van der Waals surface area contributed by atoms with E-state index in [1.807, 2.05) is 19.9 Å². The van der Waals surface area contributed by atoms with Gasteiger partial charge in [0.1, 0.15) is 0 Å². The van der Waals surface area contributed by atoms with Crippen LogP contribution in [0.3, 0.4) is 0 Å². The van der Waals surface area contributed by atoms with Crippen molar-refractivity contribution < 1.29 is 23.8 Å². The number of methoxy groups -OCH3 is 2. The molecule has 0 saturated carbocycles. The molecule has 0 atom stereocenters. The fraction of sp³-hybridized carbons (Fsp3) is 0.304. The van der Waals surface area contributed by atoms with Gasteiger partial charge in [0.15, 0.2) is 11.5 Å². The fourth-order valence-electron chi connectivity index (χ4n) is 2.63. The Morgan fingerprint density at radius 1 is 1.10 bits per heavy atom. The number of carbonyl (C=O) groups excluding carboxylic acids is 2. The molecule has 2 aromatic carbocycles. The Balaban J connectivity index is 2.01. The van der Waals surface area contributed by atoms with Crippen molar-refractivity contribution in [3.63, 3.8) is 0 Å². The molecule has 2 amide bonds. The highest BCUT2D eigenvalue weighted by Crippen LogP contribution is 2.29. The molecule has 2 aromatic rings. The molecular weight excluding hydrogens is 420 g/mol. The summed E-state index contributed by atoms with van der Waals surface area (Å²) in [4.78, 5) is 24.4. The molecule has 166 valence electrons. The Morgan fingerprint density at radius 3 is 2.52 bits per heavy atom. The first kappa shape index (κ1) is 24.2. The van der Waals surface area contributed by atoms with Gasteiger partial charge in [0.05, 0.1) is 30.4 Å². The van der Waals surface area contributed by atoms with Crippen LogP contribution in [0.4, 0.5) is 5.69 Å². The maximum atomic E-state index is 12.3. The van der Waals surface area contributed by atoms with Crippen LogP contribution in [0, 0.1) is 0 Å². The van der Waals surface area contributed by atoms with Crippen LogP contribution in [0.15, 0.2) is 42.5 Å². The van der Waals surface area contributed by atoms with Gasteiger partial charge in [-0.2, -0.15) is 0 Å². The van der Waals surface area contributed by atoms with Crippen molar-refractivity contribution in [1.29, 1.82) is 0 Å². The van der Waals surface area contributed by atoms with E-state index in [0.29, 0.717) is 35.9 Å². The number of anilines is 1. The number of hydrogen-bond acceptors (Lipinski definition) is 5. The zero-order valence-electron chi connectivity index (χ0n) is 18.0. The van der Waals surface area contributed by atoms with Crippen molar-refractivity contribution >= 4 is 35.2 Å². The maximum Gasteiger partial charge on any atom is 0.252 e. The summed E-state index contributed by atoms with van der Waals surface area (Å²) in [6.07, 6.45) is 3.09. The lowest BCUT2D eigenvalue weighted by Gasteiger charge is -2.13. The molecule has 8 heteroatoms. The lowest BCUT2D eigenvalue weighted by molar-refractivity contribution is -0.111. The van der Waals surface area contributed by atoms with Gasteiger partial charge in [-0.1, -0.05) is 17.7 Å². The Morgan fingerprint density at radius 2 is 1.87 bits per heavy atom. The van der Waals surface area contributed by atoms with Crippen molar-refractivity contribution in [2.75, 3.05) is 32.7 Å². The van der Waals surface area contributed by atoms with Gasteiger partial charge in [-0.15, -0.1) is 0 Å². The number of carbonyl (C=O) groups is 2. The van der Waals surface area contributed by atoms with Crippen LogP contribution in [-0.4, -0.2) is 45.3 Å². The summed E-state index contributed by atoms with van der Waals surface area (Å²) in [5, 5.41) is 5.65. The SMILES string of the molecule is COCCNC(=O)c1ccc(NC(=O)C=Cc2ccc(OC(C)C)c(OC)c2)cc1Cl. The molecule has 0 fully saturated rings. The molecule has 2 rings (SSSR count).